The molecular formula is C28H35FN2O4. The standard InChI is InChI=1S/C28H35FN2O4/c1-5-34-24-14-21-18(12-22(24)20-7-6-19(33-4)13-23(20)29)15-28(2,3)26(21)30-27(32)35-25-16-31-10-8-17(25)9-11-31/h6-7,12-14,17,25-26H,5,8-11,15-16H2,1-4H3,(H,30,32)/t25-,26+/m1/s1. The molecule has 0 spiro atoms. The van der Waals surface area contributed by atoms with E-state index < -0.39 is 0 Å². The van der Waals surface area contributed by atoms with Gasteiger partial charge in [0.15, 0.2) is 0 Å². The Morgan fingerprint density at radius 1 is 1.17 bits per heavy atom. The third-order valence-electron chi connectivity index (χ3n) is 7.86. The van der Waals surface area contributed by atoms with Gasteiger partial charge in [-0.05, 0) is 86.0 Å². The zero-order valence-corrected chi connectivity index (χ0v) is 21.0. The average molecular weight is 483 g/mol. The molecule has 188 valence electrons. The minimum absolute atomic E-state index is 0.0408. The molecule has 6 nitrogen and oxygen atoms in total. The zero-order chi connectivity index (χ0) is 24.7. The van der Waals surface area contributed by atoms with Crippen molar-refractivity contribution in [2.45, 2.75) is 52.2 Å². The molecule has 7 heteroatoms. The van der Waals surface area contributed by atoms with E-state index in [0.717, 1.165) is 50.0 Å². The van der Waals surface area contributed by atoms with Crippen LogP contribution in [0, 0.1) is 17.2 Å². The number of carbonyl (C=O) groups excluding carboxylic acids is 1. The van der Waals surface area contributed by atoms with Crippen molar-refractivity contribution in [3.8, 4) is 22.6 Å². The highest BCUT2D eigenvalue weighted by Crippen LogP contribution is 2.49. The predicted octanol–water partition coefficient (Wildman–Crippen LogP) is 5.34. The molecule has 3 fully saturated rings. The largest absolute Gasteiger partial charge is 0.497 e. The summed E-state index contributed by atoms with van der Waals surface area (Å²) in [4.78, 5) is 15.4. The molecule has 0 unspecified atom stereocenters. The molecule has 1 amide bonds. The number of carbonyl (C=O) groups is 1. The van der Waals surface area contributed by atoms with Gasteiger partial charge in [-0.1, -0.05) is 13.8 Å². The molecule has 2 bridgehead atoms. The monoisotopic (exact) mass is 482 g/mol. The molecule has 3 heterocycles. The number of methoxy groups -OCH3 is 1. The van der Waals surface area contributed by atoms with E-state index >= 15 is 0 Å². The molecule has 1 aliphatic carbocycles. The maximum absolute atomic E-state index is 15.0. The van der Waals surface area contributed by atoms with Crippen LogP contribution >= 0.6 is 0 Å². The normalized spacial score (nSPS) is 26.2. The molecule has 6 rings (SSSR count). The Bertz CT molecular complexity index is 1110. The van der Waals surface area contributed by atoms with Gasteiger partial charge in [-0.15, -0.1) is 0 Å². The molecule has 0 radical (unpaired) electrons. The van der Waals surface area contributed by atoms with E-state index in [9.17, 15) is 9.18 Å². The fourth-order valence-electron chi connectivity index (χ4n) is 6.01. The minimum Gasteiger partial charge on any atom is -0.497 e. The third kappa shape index (κ3) is 4.58. The molecule has 4 aliphatic rings. The SMILES string of the molecule is CCOc1cc2c(cc1-c1ccc(OC)cc1F)CC(C)(C)[C@H]2NC(=O)O[C@@H]1CN2CCC1CC2. The number of fused-ring (bicyclic) bond motifs is 4. The number of hydrogen-bond donors (Lipinski definition) is 1. The van der Waals surface area contributed by atoms with Crippen LogP contribution in [0.4, 0.5) is 9.18 Å². The molecular weight excluding hydrogens is 447 g/mol. The Labute approximate surface area is 206 Å². The Hall–Kier alpha value is -2.80. The quantitative estimate of drug-likeness (QED) is 0.602. The lowest BCUT2D eigenvalue weighted by Crippen LogP contribution is -2.53. The van der Waals surface area contributed by atoms with E-state index in [4.69, 9.17) is 14.2 Å². The summed E-state index contributed by atoms with van der Waals surface area (Å²) >= 11 is 0. The minimum atomic E-state index is -0.363. The van der Waals surface area contributed by atoms with Gasteiger partial charge in [0.1, 0.15) is 23.4 Å². The summed E-state index contributed by atoms with van der Waals surface area (Å²) in [5.41, 5.74) is 3.03. The molecule has 3 aliphatic heterocycles. The van der Waals surface area contributed by atoms with Crippen molar-refractivity contribution in [3.05, 3.63) is 47.3 Å². The van der Waals surface area contributed by atoms with Crippen LogP contribution < -0.4 is 14.8 Å². The fraction of sp³-hybridized carbons (Fsp3) is 0.536. The molecule has 0 aromatic heterocycles. The number of piperidine rings is 3. The predicted molar refractivity (Wildman–Crippen MR) is 132 cm³/mol. The van der Waals surface area contributed by atoms with E-state index in [2.05, 4.69) is 24.1 Å². The first kappa shape index (κ1) is 23.9. The molecule has 2 atom stereocenters. The highest BCUT2D eigenvalue weighted by atomic mass is 19.1. The van der Waals surface area contributed by atoms with Crippen LogP contribution in [-0.4, -0.2) is 50.4 Å². The Kier molecular flexibility index (Phi) is 6.38. The number of hydrogen-bond acceptors (Lipinski definition) is 5. The summed E-state index contributed by atoms with van der Waals surface area (Å²) in [6.45, 7) is 9.67. The van der Waals surface area contributed by atoms with E-state index in [-0.39, 0.29) is 29.5 Å². The summed E-state index contributed by atoms with van der Waals surface area (Å²) in [6, 6.07) is 8.61. The number of halogens is 1. The second-order valence-corrected chi connectivity index (χ2v) is 10.7. The summed E-state index contributed by atoms with van der Waals surface area (Å²) in [5, 5.41) is 3.16. The molecule has 1 N–H and O–H groups in total. The van der Waals surface area contributed by atoms with Gasteiger partial charge in [0.2, 0.25) is 0 Å². The second-order valence-electron chi connectivity index (χ2n) is 10.7. The molecule has 35 heavy (non-hydrogen) atoms. The van der Waals surface area contributed by atoms with Crippen LogP contribution in [0.15, 0.2) is 30.3 Å². The van der Waals surface area contributed by atoms with Crippen LogP contribution in [-0.2, 0) is 11.2 Å². The lowest BCUT2D eigenvalue weighted by molar-refractivity contribution is -0.0349. The van der Waals surface area contributed by atoms with Crippen LogP contribution in [0.5, 0.6) is 11.5 Å². The van der Waals surface area contributed by atoms with Crippen molar-refractivity contribution in [1.82, 2.24) is 10.2 Å². The maximum Gasteiger partial charge on any atom is 0.407 e. The smallest absolute Gasteiger partial charge is 0.407 e. The number of amides is 1. The number of rotatable bonds is 6. The van der Waals surface area contributed by atoms with Crippen molar-refractivity contribution in [1.29, 1.82) is 0 Å². The molecule has 2 aromatic carbocycles. The maximum atomic E-state index is 15.0. The molecule has 0 saturated carbocycles. The van der Waals surface area contributed by atoms with Gasteiger partial charge in [-0.25, -0.2) is 9.18 Å². The first-order valence-corrected chi connectivity index (χ1v) is 12.6. The average Bonchev–Trinajstić information content (AvgIpc) is 3.08. The van der Waals surface area contributed by atoms with Crippen molar-refractivity contribution < 1.29 is 23.4 Å². The third-order valence-corrected chi connectivity index (χ3v) is 7.86. The number of benzene rings is 2. The van der Waals surface area contributed by atoms with Gasteiger partial charge < -0.3 is 19.5 Å². The van der Waals surface area contributed by atoms with Gasteiger partial charge in [-0.2, -0.15) is 0 Å². The van der Waals surface area contributed by atoms with E-state index in [1.54, 1.807) is 12.1 Å². The van der Waals surface area contributed by atoms with E-state index in [1.807, 2.05) is 19.1 Å². The number of ether oxygens (including phenoxy) is 3. The summed E-state index contributed by atoms with van der Waals surface area (Å²) in [5.74, 6) is 1.17. The second kappa shape index (κ2) is 9.34. The zero-order valence-electron chi connectivity index (χ0n) is 21.0. The Balaban J connectivity index is 1.42. The first-order valence-electron chi connectivity index (χ1n) is 12.6. The van der Waals surface area contributed by atoms with Crippen molar-refractivity contribution >= 4 is 6.09 Å². The Morgan fingerprint density at radius 2 is 1.94 bits per heavy atom. The van der Waals surface area contributed by atoms with E-state index in [0.29, 0.717) is 35.2 Å². The van der Waals surface area contributed by atoms with Crippen LogP contribution in [0.25, 0.3) is 11.1 Å². The lowest BCUT2D eigenvalue weighted by atomic mass is 9.85. The topological polar surface area (TPSA) is 60.0 Å². The van der Waals surface area contributed by atoms with Gasteiger partial charge >= 0.3 is 6.09 Å². The van der Waals surface area contributed by atoms with Crippen LogP contribution in [0.3, 0.4) is 0 Å². The first-order chi connectivity index (χ1) is 16.8. The highest BCUT2D eigenvalue weighted by molar-refractivity contribution is 5.75. The van der Waals surface area contributed by atoms with Gasteiger partial charge in [0, 0.05) is 23.7 Å². The van der Waals surface area contributed by atoms with Gasteiger partial charge in [0.05, 0.1) is 19.8 Å². The van der Waals surface area contributed by atoms with Crippen molar-refractivity contribution in [2.75, 3.05) is 33.4 Å². The molecule has 3 saturated heterocycles. The fourth-order valence-corrected chi connectivity index (χ4v) is 6.01. The lowest BCUT2D eigenvalue weighted by Gasteiger charge is -2.44. The van der Waals surface area contributed by atoms with Crippen LogP contribution in [0.2, 0.25) is 0 Å². The molecule has 2 aromatic rings. The van der Waals surface area contributed by atoms with Crippen LogP contribution in [0.1, 0.15) is 50.8 Å². The number of nitrogens with zero attached hydrogens (tertiary/aromatic N) is 1. The van der Waals surface area contributed by atoms with E-state index in [1.165, 1.54) is 13.2 Å². The van der Waals surface area contributed by atoms with Gasteiger partial charge in [0.25, 0.3) is 0 Å². The van der Waals surface area contributed by atoms with Crippen molar-refractivity contribution in [3.63, 3.8) is 0 Å². The van der Waals surface area contributed by atoms with Gasteiger partial charge in [-0.3, -0.25) is 4.90 Å². The highest BCUT2D eigenvalue weighted by Gasteiger charge is 2.42. The number of nitrogens with one attached hydrogen (secondary N) is 1. The number of alkyl carbamates (subject to hydrolysis) is 1. The summed E-state index contributed by atoms with van der Waals surface area (Å²) in [7, 11) is 1.52. The summed E-state index contributed by atoms with van der Waals surface area (Å²) in [6.07, 6.45) is 2.54. The summed E-state index contributed by atoms with van der Waals surface area (Å²) < 4.78 is 32.0. The van der Waals surface area contributed by atoms with Crippen molar-refractivity contribution in [2.24, 2.45) is 11.3 Å². The Morgan fingerprint density at radius 3 is 2.57 bits per heavy atom.